The van der Waals surface area contributed by atoms with Crippen molar-refractivity contribution in [3.05, 3.63) is 39.0 Å². The molecule has 2 rings (SSSR count). The summed E-state index contributed by atoms with van der Waals surface area (Å²) in [4.78, 5) is 37.1. The summed E-state index contributed by atoms with van der Waals surface area (Å²) >= 11 is 1.10. The Bertz CT molecular complexity index is 965. The van der Waals surface area contributed by atoms with E-state index >= 15 is 0 Å². The Morgan fingerprint density at radius 3 is 2.53 bits per heavy atom. The lowest BCUT2D eigenvalue weighted by Gasteiger charge is -2.22. The van der Waals surface area contributed by atoms with Gasteiger partial charge in [0.15, 0.2) is 0 Å². The van der Waals surface area contributed by atoms with Gasteiger partial charge in [0, 0.05) is 28.8 Å². The van der Waals surface area contributed by atoms with Crippen LogP contribution in [0.3, 0.4) is 0 Å². The molecule has 0 spiro atoms. The number of hydrogen-bond donors (Lipinski definition) is 6. The highest BCUT2D eigenvalue weighted by atomic mass is 32.2. The number of thioether (sulfide) groups is 1. The highest BCUT2D eigenvalue weighted by molar-refractivity contribution is 8.07. The van der Waals surface area contributed by atoms with Crippen molar-refractivity contribution in [3.63, 3.8) is 0 Å². The molecular weight excluding hydrogens is 462 g/mol. The first-order valence-corrected chi connectivity index (χ1v) is 12.2. The van der Waals surface area contributed by atoms with E-state index in [1.165, 1.54) is 0 Å². The van der Waals surface area contributed by atoms with Crippen molar-refractivity contribution in [3.8, 4) is 0 Å². The summed E-state index contributed by atoms with van der Waals surface area (Å²) in [7, 11) is -10.2. The van der Waals surface area contributed by atoms with E-state index in [1.807, 2.05) is 0 Å². The normalized spacial score (nSPS) is 18.7. The van der Waals surface area contributed by atoms with Crippen molar-refractivity contribution < 1.29 is 42.9 Å². The van der Waals surface area contributed by atoms with Gasteiger partial charge < -0.3 is 35.5 Å². The van der Waals surface area contributed by atoms with Crippen LogP contribution in [-0.4, -0.2) is 53.0 Å². The molecule has 1 aromatic rings. The molecule has 0 saturated carbocycles. The number of aryl methyl sites for hydroxylation is 1. The van der Waals surface area contributed by atoms with Gasteiger partial charge in [-0.05, 0) is 13.8 Å². The topological polar surface area (TPSA) is 209 Å². The number of phosphoric acid groups is 2. The third kappa shape index (κ3) is 6.77. The standard InChI is InChI=1S/C14H22N4O9P2S/c1-8-12(3-4-26-29(24,25)27-28(21,22)23)30-14(11(20)7-19)18(8)6-10-5-16-9(2)17-13(10)15/h5,19-20H,3-4,6-7H2,1-2H3,(H,24,25)(H2,15,16,17)(H2,21,22,23)/b14-11-. The fourth-order valence-electron chi connectivity index (χ4n) is 2.47. The summed E-state index contributed by atoms with van der Waals surface area (Å²) in [5.74, 6) is 0.465. The van der Waals surface area contributed by atoms with Crippen LogP contribution >= 0.6 is 27.4 Å². The maximum absolute atomic E-state index is 11.5. The van der Waals surface area contributed by atoms with E-state index in [1.54, 1.807) is 24.9 Å². The average Bonchev–Trinajstić information content (AvgIpc) is 2.90. The van der Waals surface area contributed by atoms with E-state index < -0.39 is 28.9 Å². The minimum atomic E-state index is -5.20. The van der Waals surface area contributed by atoms with Crippen molar-refractivity contribution in [2.24, 2.45) is 0 Å². The highest BCUT2D eigenvalue weighted by Gasteiger charge is 2.33. The third-order valence-electron chi connectivity index (χ3n) is 3.81. The zero-order valence-corrected chi connectivity index (χ0v) is 18.6. The molecule has 2 heterocycles. The summed E-state index contributed by atoms with van der Waals surface area (Å²) in [5.41, 5.74) is 7.15. The second kappa shape index (κ2) is 9.77. The average molecular weight is 484 g/mol. The SMILES string of the molecule is CC1=C(CCOP(=O)(O)OP(=O)(O)O)S/C(=C(\O)CO)N1Cc1cnc(C)nc1N. The van der Waals surface area contributed by atoms with Crippen molar-refractivity contribution in [2.75, 3.05) is 18.9 Å². The van der Waals surface area contributed by atoms with Crippen LogP contribution in [0.4, 0.5) is 5.82 Å². The molecule has 0 radical (unpaired) electrons. The largest absolute Gasteiger partial charge is 0.507 e. The number of aromatic nitrogens is 2. The number of aliphatic hydroxyl groups excluding tert-OH is 2. The van der Waals surface area contributed by atoms with Crippen molar-refractivity contribution in [2.45, 2.75) is 26.8 Å². The maximum atomic E-state index is 11.5. The molecular formula is C14H22N4O9P2S. The van der Waals surface area contributed by atoms with E-state index in [2.05, 4.69) is 18.8 Å². The first-order chi connectivity index (χ1) is 13.8. The number of aliphatic hydroxyl groups is 2. The smallest absolute Gasteiger partial charge is 0.481 e. The molecule has 13 nitrogen and oxygen atoms in total. The molecule has 1 atom stereocenters. The van der Waals surface area contributed by atoms with Gasteiger partial charge in [-0.1, -0.05) is 11.8 Å². The van der Waals surface area contributed by atoms with Crippen molar-refractivity contribution >= 4 is 33.2 Å². The number of phosphoric ester groups is 1. The molecule has 168 valence electrons. The first kappa shape index (κ1) is 24.8. The molecule has 0 amide bonds. The number of nitrogens with two attached hydrogens (primary N) is 1. The lowest BCUT2D eigenvalue weighted by molar-refractivity contribution is 0.180. The van der Waals surface area contributed by atoms with Crippen LogP contribution in [0.2, 0.25) is 0 Å². The Hall–Kier alpha value is -1.47. The summed E-state index contributed by atoms with van der Waals surface area (Å²) in [5, 5.41) is 19.7. The van der Waals surface area contributed by atoms with Gasteiger partial charge in [0.1, 0.15) is 29.0 Å². The monoisotopic (exact) mass is 484 g/mol. The minimum absolute atomic E-state index is 0.0597. The molecule has 0 saturated heterocycles. The Labute approximate surface area is 176 Å². The second-order valence-corrected chi connectivity index (χ2v) is 9.97. The Balaban J connectivity index is 2.17. The van der Waals surface area contributed by atoms with E-state index in [9.17, 15) is 24.2 Å². The number of allylic oxidation sites excluding steroid dienone is 1. The van der Waals surface area contributed by atoms with Crippen LogP contribution in [0.15, 0.2) is 27.6 Å². The highest BCUT2D eigenvalue weighted by Crippen LogP contribution is 2.57. The molecule has 0 fully saturated rings. The molecule has 7 N–H and O–H groups in total. The molecule has 30 heavy (non-hydrogen) atoms. The molecule has 16 heteroatoms. The van der Waals surface area contributed by atoms with Gasteiger partial charge in [-0.15, -0.1) is 0 Å². The summed E-state index contributed by atoms with van der Waals surface area (Å²) in [6.45, 7) is 2.58. The van der Waals surface area contributed by atoms with E-state index in [0.29, 0.717) is 27.0 Å². The van der Waals surface area contributed by atoms with E-state index in [-0.39, 0.29) is 24.5 Å². The second-order valence-electron chi connectivity index (χ2n) is 6.06. The molecule has 0 bridgehead atoms. The summed E-state index contributed by atoms with van der Waals surface area (Å²) in [6.07, 6.45) is 1.61. The fourth-order valence-corrected chi connectivity index (χ4v) is 5.23. The lowest BCUT2D eigenvalue weighted by Crippen LogP contribution is -2.19. The van der Waals surface area contributed by atoms with Crippen LogP contribution in [0.1, 0.15) is 24.7 Å². The quantitative estimate of drug-likeness (QED) is 0.217. The number of rotatable bonds is 9. The van der Waals surface area contributed by atoms with Crippen LogP contribution in [0, 0.1) is 6.92 Å². The van der Waals surface area contributed by atoms with Gasteiger partial charge in [0.2, 0.25) is 0 Å². The van der Waals surface area contributed by atoms with Crippen LogP contribution in [0.5, 0.6) is 0 Å². The zero-order chi connectivity index (χ0) is 22.7. The van der Waals surface area contributed by atoms with Gasteiger partial charge in [-0.25, -0.2) is 19.1 Å². The minimum Gasteiger partial charge on any atom is -0.507 e. The summed E-state index contributed by atoms with van der Waals surface area (Å²) < 4.78 is 30.6. The predicted octanol–water partition coefficient (Wildman–Crippen LogP) is 1.48. The van der Waals surface area contributed by atoms with Gasteiger partial charge in [-0.2, -0.15) is 4.31 Å². The maximum Gasteiger partial charge on any atom is 0.481 e. The van der Waals surface area contributed by atoms with Crippen LogP contribution < -0.4 is 5.73 Å². The Kier molecular flexibility index (Phi) is 8.08. The van der Waals surface area contributed by atoms with Gasteiger partial charge >= 0.3 is 15.6 Å². The van der Waals surface area contributed by atoms with Gasteiger partial charge in [0.25, 0.3) is 0 Å². The lowest BCUT2D eigenvalue weighted by atomic mass is 10.2. The number of anilines is 1. The molecule has 1 aromatic heterocycles. The van der Waals surface area contributed by atoms with Gasteiger partial charge in [0.05, 0.1) is 13.2 Å². The number of nitrogen functional groups attached to an aromatic ring is 1. The molecule has 1 aliphatic rings. The van der Waals surface area contributed by atoms with Crippen molar-refractivity contribution in [1.82, 2.24) is 14.9 Å². The van der Waals surface area contributed by atoms with Crippen LogP contribution in [0.25, 0.3) is 0 Å². The zero-order valence-electron chi connectivity index (χ0n) is 16.0. The van der Waals surface area contributed by atoms with Crippen LogP contribution in [-0.2, 0) is 24.5 Å². The fraction of sp³-hybridized carbons (Fsp3) is 0.429. The number of hydrogen-bond acceptors (Lipinski definition) is 11. The first-order valence-electron chi connectivity index (χ1n) is 8.33. The molecule has 0 aromatic carbocycles. The Morgan fingerprint density at radius 2 is 1.97 bits per heavy atom. The number of nitrogens with zero attached hydrogens (tertiary/aromatic N) is 3. The summed E-state index contributed by atoms with van der Waals surface area (Å²) in [6, 6.07) is 0. The Morgan fingerprint density at radius 1 is 1.30 bits per heavy atom. The van der Waals surface area contributed by atoms with E-state index in [0.717, 1.165) is 11.8 Å². The molecule has 0 aliphatic carbocycles. The predicted molar refractivity (Wildman–Crippen MR) is 107 cm³/mol. The van der Waals surface area contributed by atoms with Gasteiger partial charge in [-0.3, -0.25) is 4.52 Å². The third-order valence-corrected chi connectivity index (χ3v) is 7.39. The molecule has 1 aliphatic heterocycles. The van der Waals surface area contributed by atoms with E-state index in [4.69, 9.17) is 15.5 Å². The van der Waals surface area contributed by atoms with Crippen molar-refractivity contribution in [1.29, 1.82) is 0 Å². The molecule has 1 unspecified atom stereocenters.